The molecule has 0 spiro atoms. The molecule has 1 aliphatic rings. The molecule has 0 aliphatic carbocycles. The fourth-order valence-corrected chi connectivity index (χ4v) is 4.04. The van der Waals surface area contributed by atoms with Gasteiger partial charge in [-0.1, -0.05) is 48.5 Å². The zero-order chi connectivity index (χ0) is 17.2. The normalized spacial score (nSPS) is 19.0. The molecule has 1 aliphatic heterocycles. The zero-order valence-electron chi connectivity index (χ0n) is 13.7. The van der Waals surface area contributed by atoms with Crippen LogP contribution in [-0.2, 0) is 0 Å². The number of nitrogens with zero attached hydrogens (tertiary/aromatic N) is 3. The van der Waals surface area contributed by atoms with Crippen molar-refractivity contribution in [2.75, 3.05) is 6.26 Å². The number of H-pyrrole nitrogens is 1. The van der Waals surface area contributed by atoms with Crippen molar-refractivity contribution in [2.45, 2.75) is 10.8 Å². The molecule has 3 aromatic rings. The maximum atomic E-state index is 10.0. The van der Waals surface area contributed by atoms with Crippen molar-refractivity contribution < 1.29 is 0 Å². The van der Waals surface area contributed by atoms with E-state index in [-0.39, 0.29) is 11.8 Å². The van der Waals surface area contributed by atoms with Gasteiger partial charge in [0, 0.05) is 16.4 Å². The fourth-order valence-electron chi connectivity index (χ4n) is 3.39. The number of nitriles is 1. The van der Waals surface area contributed by atoms with Gasteiger partial charge in [-0.3, -0.25) is 5.10 Å². The first kappa shape index (κ1) is 15.7. The Balaban J connectivity index is 1.93. The minimum Gasteiger partial charge on any atom is -0.261 e. The monoisotopic (exact) mass is 344 g/mol. The molecule has 25 heavy (non-hydrogen) atoms. The van der Waals surface area contributed by atoms with E-state index in [1.165, 1.54) is 4.90 Å². The number of hydrogen-bond acceptors (Lipinski definition) is 4. The van der Waals surface area contributed by atoms with E-state index in [9.17, 15) is 5.26 Å². The lowest BCUT2D eigenvalue weighted by Crippen LogP contribution is -2.26. The SMILES string of the molecule is CSc1ccccc1C1c2cn[nH]c2N=C(c2ccccc2)C1C#N. The zero-order valence-corrected chi connectivity index (χ0v) is 14.5. The Labute approximate surface area is 150 Å². The number of nitrogens with one attached hydrogen (secondary N) is 1. The molecule has 4 rings (SSSR count). The van der Waals surface area contributed by atoms with Crippen LogP contribution in [-0.4, -0.2) is 22.2 Å². The largest absolute Gasteiger partial charge is 0.261 e. The summed E-state index contributed by atoms with van der Waals surface area (Å²) in [6, 6.07) is 20.7. The van der Waals surface area contributed by atoms with E-state index in [2.05, 4.69) is 34.7 Å². The minimum atomic E-state index is -0.360. The molecular formula is C20H16N4S. The lowest BCUT2D eigenvalue weighted by molar-refractivity contribution is 0.707. The summed E-state index contributed by atoms with van der Waals surface area (Å²) < 4.78 is 0. The Morgan fingerprint density at radius 2 is 1.80 bits per heavy atom. The average molecular weight is 344 g/mol. The summed E-state index contributed by atoms with van der Waals surface area (Å²) in [6.07, 6.45) is 3.86. The molecule has 0 bridgehead atoms. The van der Waals surface area contributed by atoms with Crippen molar-refractivity contribution in [1.29, 1.82) is 5.26 Å². The summed E-state index contributed by atoms with van der Waals surface area (Å²) in [5.74, 6) is 0.294. The number of fused-ring (bicyclic) bond motifs is 1. The van der Waals surface area contributed by atoms with E-state index >= 15 is 0 Å². The van der Waals surface area contributed by atoms with Crippen LogP contribution in [0.5, 0.6) is 0 Å². The molecule has 122 valence electrons. The van der Waals surface area contributed by atoms with Crippen LogP contribution in [0.3, 0.4) is 0 Å². The minimum absolute atomic E-state index is 0.0879. The van der Waals surface area contributed by atoms with Gasteiger partial charge in [0.05, 0.1) is 18.0 Å². The number of hydrogen-bond donors (Lipinski definition) is 1. The predicted molar refractivity (Wildman–Crippen MR) is 100 cm³/mol. The van der Waals surface area contributed by atoms with Crippen LogP contribution in [0.25, 0.3) is 0 Å². The Hall–Kier alpha value is -2.84. The van der Waals surface area contributed by atoms with Crippen LogP contribution < -0.4 is 0 Å². The Morgan fingerprint density at radius 3 is 2.56 bits per heavy atom. The van der Waals surface area contributed by atoms with E-state index in [1.54, 1.807) is 18.0 Å². The molecule has 2 aromatic carbocycles. The lowest BCUT2D eigenvalue weighted by atomic mass is 9.76. The molecule has 2 heterocycles. The van der Waals surface area contributed by atoms with Gasteiger partial charge in [-0.25, -0.2) is 4.99 Å². The van der Waals surface area contributed by atoms with Crippen LogP contribution in [0.4, 0.5) is 5.82 Å². The van der Waals surface area contributed by atoms with E-state index < -0.39 is 0 Å². The number of aromatic nitrogens is 2. The molecule has 2 unspecified atom stereocenters. The van der Waals surface area contributed by atoms with Crippen LogP contribution >= 0.6 is 11.8 Å². The van der Waals surface area contributed by atoms with Crippen LogP contribution in [0.2, 0.25) is 0 Å². The maximum Gasteiger partial charge on any atom is 0.152 e. The van der Waals surface area contributed by atoms with Crippen molar-refractivity contribution in [3.63, 3.8) is 0 Å². The van der Waals surface area contributed by atoms with Gasteiger partial charge in [0.2, 0.25) is 0 Å². The highest BCUT2D eigenvalue weighted by atomic mass is 32.2. The first-order valence-corrected chi connectivity index (χ1v) is 9.25. The molecule has 5 heteroatoms. The van der Waals surface area contributed by atoms with Gasteiger partial charge in [-0.05, 0) is 23.4 Å². The second-order valence-electron chi connectivity index (χ2n) is 5.86. The van der Waals surface area contributed by atoms with E-state index in [1.807, 2.05) is 42.5 Å². The van der Waals surface area contributed by atoms with Crippen molar-refractivity contribution in [2.24, 2.45) is 10.9 Å². The summed E-state index contributed by atoms with van der Waals surface area (Å²) in [7, 11) is 0. The van der Waals surface area contributed by atoms with Gasteiger partial charge in [0.15, 0.2) is 5.82 Å². The average Bonchev–Trinajstić information content (AvgIpc) is 3.15. The Kier molecular flexibility index (Phi) is 4.12. The number of aromatic amines is 1. The maximum absolute atomic E-state index is 10.0. The van der Waals surface area contributed by atoms with Gasteiger partial charge >= 0.3 is 0 Å². The highest BCUT2D eigenvalue weighted by molar-refractivity contribution is 7.98. The summed E-state index contributed by atoms with van der Waals surface area (Å²) in [5, 5.41) is 17.2. The molecule has 0 saturated heterocycles. The highest BCUT2D eigenvalue weighted by Crippen LogP contribution is 2.44. The summed E-state index contributed by atoms with van der Waals surface area (Å²) in [4.78, 5) is 5.90. The fraction of sp³-hybridized carbons (Fsp3) is 0.150. The van der Waals surface area contributed by atoms with Gasteiger partial charge in [0.1, 0.15) is 5.92 Å². The van der Waals surface area contributed by atoms with Crippen LogP contribution in [0.1, 0.15) is 22.6 Å². The second kappa shape index (κ2) is 6.58. The number of rotatable bonds is 3. The van der Waals surface area contributed by atoms with Crippen molar-refractivity contribution >= 4 is 23.3 Å². The standard InChI is InChI=1S/C20H16N4S/c1-25-17-10-6-5-9-14(17)18-15(11-21)19(13-7-3-2-4-8-13)23-20-16(18)12-22-24-20/h2-10,12,15,18H,1H3,(H,22,24). The molecule has 2 atom stereocenters. The van der Waals surface area contributed by atoms with Crippen molar-refractivity contribution in [3.05, 3.63) is 77.5 Å². The molecule has 0 radical (unpaired) electrons. The van der Waals surface area contributed by atoms with Crippen LogP contribution in [0, 0.1) is 17.2 Å². The van der Waals surface area contributed by atoms with Crippen molar-refractivity contribution in [1.82, 2.24) is 10.2 Å². The molecule has 1 N–H and O–H groups in total. The second-order valence-corrected chi connectivity index (χ2v) is 6.71. The topological polar surface area (TPSA) is 64.8 Å². The molecule has 4 nitrogen and oxygen atoms in total. The van der Waals surface area contributed by atoms with Crippen molar-refractivity contribution in [3.8, 4) is 6.07 Å². The number of thioether (sulfide) groups is 1. The quantitative estimate of drug-likeness (QED) is 0.710. The van der Waals surface area contributed by atoms with E-state index in [4.69, 9.17) is 4.99 Å². The first-order chi connectivity index (χ1) is 12.3. The number of benzene rings is 2. The molecular weight excluding hydrogens is 328 g/mol. The predicted octanol–water partition coefficient (Wildman–Crippen LogP) is 4.54. The molecule has 1 aromatic heterocycles. The van der Waals surface area contributed by atoms with Gasteiger partial charge in [-0.2, -0.15) is 10.4 Å². The summed E-state index contributed by atoms with van der Waals surface area (Å²) >= 11 is 1.70. The number of aliphatic imine (C=N–C) groups is 1. The molecule has 0 amide bonds. The van der Waals surface area contributed by atoms with Gasteiger partial charge in [0.25, 0.3) is 0 Å². The third-order valence-electron chi connectivity index (χ3n) is 4.53. The van der Waals surface area contributed by atoms with Crippen LogP contribution in [0.15, 0.2) is 70.7 Å². The smallest absolute Gasteiger partial charge is 0.152 e. The Bertz CT molecular complexity index is 969. The third kappa shape index (κ3) is 2.65. The summed E-state index contributed by atoms with van der Waals surface area (Å²) in [6.45, 7) is 0. The highest BCUT2D eigenvalue weighted by Gasteiger charge is 2.37. The van der Waals surface area contributed by atoms with E-state index in [0.29, 0.717) is 0 Å². The third-order valence-corrected chi connectivity index (χ3v) is 5.34. The molecule has 0 fully saturated rings. The lowest BCUT2D eigenvalue weighted by Gasteiger charge is -2.28. The van der Waals surface area contributed by atoms with E-state index in [0.717, 1.165) is 28.2 Å². The van der Waals surface area contributed by atoms with Gasteiger partial charge in [-0.15, -0.1) is 11.8 Å². The summed E-state index contributed by atoms with van der Waals surface area (Å²) in [5.41, 5.74) is 3.89. The molecule has 0 saturated carbocycles. The van der Waals surface area contributed by atoms with Gasteiger partial charge < -0.3 is 0 Å². The Morgan fingerprint density at radius 1 is 1.04 bits per heavy atom. The first-order valence-electron chi connectivity index (χ1n) is 8.03.